The van der Waals surface area contributed by atoms with Gasteiger partial charge in [-0.2, -0.15) is 0 Å². The van der Waals surface area contributed by atoms with E-state index < -0.39 is 12.0 Å². The van der Waals surface area contributed by atoms with Crippen LogP contribution in [0.2, 0.25) is 0 Å². The van der Waals surface area contributed by atoms with Gasteiger partial charge in [-0.25, -0.2) is 8.78 Å². The van der Waals surface area contributed by atoms with Crippen LogP contribution in [0.5, 0.6) is 0 Å². The predicted molar refractivity (Wildman–Crippen MR) is 37.6 cm³/mol. The molecule has 2 atom stereocenters. The molecule has 1 heterocycles. The Morgan fingerprint density at radius 3 is 2.64 bits per heavy atom. The van der Waals surface area contributed by atoms with E-state index in [1.807, 2.05) is 0 Å². The lowest BCUT2D eigenvalue weighted by atomic mass is 9.97. The minimum absolute atomic E-state index is 0.282. The van der Waals surface area contributed by atoms with Crippen LogP contribution in [0.3, 0.4) is 0 Å². The Kier molecular flexibility index (Phi) is 2.44. The molecule has 1 fully saturated rings. The number of alkyl halides is 2. The third-order valence-corrected chi connectivity index (χ3v) is 2.06. The molecule has 1 aliphatic rings. The number of aliphatic hydroxyl groups excluding tert-OH is 1. The van der Waals surface area contributed by atoms with Gasteiger partial charge in [0.15, 0.2) is 0 Å². The maximum Gasteiger partial charge on any atom is 0.271 e. The number of halogens is 2. The standard InChI is InChI=1S/C7H13F2NO/c1-7(8,9)6(11)5-2-3-10-4-5/h5-6,10-11H,2-4H2,1H3. The third kappa shape index (κ3) is 2.10. The minimum Gasteiger partial charge on any atom is -0.387 e. The van der Waals surface area contributed by atoms with E-state index in [-0.39, 0.29) is 5.92 Å². The van der Waals surface area contributed by atoms with E-state index in [1.54, 1.807) is 0 Å². The van der Waals surface area contributed by atoms with Gasteiger partial charge in [0.2, 0.25) is 0 Å². The fourth-order valence-electron chi connectivity index (χ4n) is 1.36. The smallest absolute Gasteiger partial charge is 0.271 e. The SMILES string of the molecule is CC(F)(F)C(O)C1CCNC1. The highest BCUT2D eigenvalue weighted by atomic mass is 19.3. The minimum atomic E-state index is -2.96. The second-order valence-electron chi connectivity index (χ2n) is 3.15. The quantitative estimate of drug-likeness (QED) is 0.628. The van der Waals surface area contributed by atoms with Gasteiger partial charge in [0, 0.05) is 19.4 Å². The third-order valence-electron chi connectivity index (χ3n) is 2.06. The Balaban J connectivity index is 2.46. The van der Waals surface area contributed by atoms with Gasteiger partial charge in [0.1, 0.15) is 6.10 Å². The summed E-state index contributed by atoms with van der Waals surface area (Å²) in [5, 5.41) is 12.0. The van der Waals surface area contributed by atoms with E-state index in [2.05, 4.69) is 5.32 Å². The molecule has 2 unspecified atom stereocenters. The summed E-state index contributed by atoms with van der Waals surface area (Å²) in [6, 6.07) is 0. The van der Waals surface area contributed by atoms with Crippen molar-refractivity contribution in [2.45, 2.75) is 25.4 Å². The average Bonchev–Trinajstić information content (AvgIpc) is 2.34. The summed E-state index contributed by atoms with van der Waals surface area (Å²) >= 11 is 0. The highest BCUT2D eigenvalue weighted by Crippen LogP contribution is 2.26. The molecular formula is C7H13F2NO. The van der Waals surface area contributed by atoms with Crippen molar-refractivity contribution in [3.05, 3.63) is 0 Å². The largest absolute Gasteiger partial charge is 0.387 e. The van der Waals surface area contributed by atoms with Crippen molar-refractivity contribution in [3.8, 4) is 0 Å². The number of hydrogen-bond acceptors (Lipinski definition) is 2. The zero-order valence-corrected chi connectivity index (χ0v) is 6.48. The number of hydrogen-bond donors (Lipinski definition) is 2. The van der Waals surface area contributed by atoms with Gasteiger partial charge < -0.3 is 10.4 Å². The lowest BCUT2D eigenvalue weighted by Gasteiger charge is -2.22. The summed E-state index contributed by atoms with van der Waals surface area (Å²) in [5.41, 5.74) is 0. The summed E-state index contributed by atoms with van der Waals surface area (Å²) in [4.78, 5) is 0. The molecule has 1 saturated heterocycles. The van der Waals surface area contributed by atoms with E-state index in [1.165, 1.54) is 0 Å². The number of rotatable bonds is 2. The number of aliphatic hydroxyl groups is 1. The van der Waals surface area contributed by atoms with Crippen molar-refractivity contribution < 1.29 is 13.9 Å². The highest BCUT2D eigenvalue weighted by molar-refractivity contribution is 4.84. The molecule has 0 saturated carbocycles. The second-order valence-corrected chi connectivity index (χ2v) is 3.15. The van der Waals surface area contributed by atoms with Gasteiger partial charge in [-0.3, -0.25) is 0 Å². The van der Waals surface area contributed by atoms with Gasteiger partial charge in [-0.1, -0.05) is 0 Å². The first-order valence-electron chi connectivity index (χ1n) is 3.78. The van der Waals surface area contributed by atoms with Crippen molar-refractivity contribution in [3.63, 3.8) is 0 Å². The van der Waals surface area contributed by atoms with Crippen molar-refractivity contribution in [2.75, 3.05) is 13.1 Å². The van der Waals surface area contributed by atoms with E-state index >= 15 is 0 Å². The summed E-state index contributed by atoms with van der Waals surface area (Å²) in [7, 11) is 0. The maximum absolute atomic E-state index is 12.5. The van der Waals surface area contributed by atoms with Crippen molar-refractivity contribution >= 4 is 0 Å². The molecule has 0 aromatic heterocycles. The molecule has 0 aliphatic carbocycles. The normalized spacial score (nSPS) is 28.9. The van der Waals surface area contributed by atoms with E-state index in [9.17, 15) is 8.78 Å². The van der Waals surface area contributed by atoms with Gasteiger partial charge in [-0.15, -0.1) is 0 Å². The van der Waals surface area contributed by atoms with Gasteiger partial charge in [-0.05, 0) is 13.0 Å². The molecule has 2 nitrogen and oxygen atoms in total. The first-order chi connectivity index (χ1) is 5.02. The first kappa shape index (κ1) is 8.87. The van der Waals surface area contributed by atoms with Gasteiger partial charge in [0.05, 0.1) is 0 Å². The van der Waals surface area contributed by atoms with E-state index in [0.29, 0.717) is 13.0 Å². The molecule has 0 spiro atoms. The first-order valence-corrected chi connectivity index (χ1v) is 3.78. The van der Waals surface area contributed by atoms with Crippen molar-refractivity contribution in [1.29, 1.82) is 0 Å². The molecule has 4 heteroatoms. The Bertz CT molecular complexity index is 129. The van der Waals surface area contributed by atoms with Crippen LogP contribution in [0.15, 0.2) is 0 Å². The van der Waals surface area contributed by atoms with Gasteiger partial charge in [0.25, 0.3) is 5.92 Å². The molecule has 1 rings (SSSR count). The predicted octanol–water partition coefficient (Wildman–Crippen LogP) is 0.612. The van der Waals surface area contributed by atoms with Crippen LogP contribution in [0, 0.1) is 5.92 Å². The zero-order valence-electron chi connectivity index (χ0n) is 6.48. The molecule has 0 aromatic carbocycles. The van der Waals surface area contributed by atoms with Crippen LogP contribution in [0.1, 0.15) is 13.3 Å². The topological polar surface area (TPSA) is 32.3 Å². The second kappa shape index (κ2) is 3.03. The molecule has 1 aliphatic heterocycles. The summed E-state index contributed by atoms with van der Waals surface area (Å²) in [5.74, 6) is -3.24. The summed E-state index contributed by atoms with van der Waals surface area (Å²) < 4.78 is 25.0. The van der Waals surface area contributed by atoms with Crippen LogP contribution < -0.4 is 5.32 Å². The van der Waals surface area contributed by atoms with Crippen molar-refractivity contribution in [1.82, 2.24) is 5.32 Å². The molecule has 66 valence electrons. The molecule has 11 heavy (non-hydrogen) atoms. The molecule has 0 aromatic rings. The molecule has 0 bridgehead atoms. The van der Waals surface area contributed by atoms with Gasteiger partial charge >= 0.3 is 0 Å². The molecular weight excluding hydrogens is 152 g/mol. The molecule has 0 radical (unpaired) electrons. The highest BCUT2D eigenvalue weighted by Gasteiger charge is 2.39. The van der Waals surface area contributed by atoms with Crippen LogP contribution >= 0.6 is 0 Å². The summed E-state index contributed by atoms with van der Waals surface area (Å²) in [6.45, 7) is 2.00. The number of nitrogens with one attached hydrogen (secondary N) is 1. The Labute approximate surface area is 64.6 Å². The Morgan fingerprint density at radius 1 is 1.64 bits per heavy atom. The lowest BCUT2D eigenvalue weighted by molar-refractivity contribution is -0.114. The van der Waals surface area contributed by atoms with Crippen LogP contribution in [-0.2, 0) is 0 Å². The Morgan fingerprint density at radius 2 is 2.27 bits per heavy atom. The molecule has 2 N–H and O–H groups in total. The maximum atomic E-state index is 12.5. The average molecular weight is 165 g/mol. The fraction of sp³-hybridized carbons (Fsp3) is 1.00. The lowest BCUT2D eigenvalue weighted by Crippen LogP contribution is -2.37. The van der Waals surface area contributed by atoms with Crippen LogP contribution in [-0.4, -0.2) is 30.2 Å². The molecule has 0 amide bonds. The van der Waals surface area contributed by atoms with Crippen molar-refractivity contribution in [2.24, 2.45) is 5.92 Å². The zero-order chi connectivity index (χ0) is 8.48. The monoisotopic (exact) mass is 165 g/mol. The van der Waals surface area contributed by atoms with Crippen LogP contribution in [0.25, 0.3) is 0 Å². The van der Waals surface area contributed by atoms with E-state index in [4.69, 9.17) is 5.11 Å². The van der Waals surface area contributed by atoms with E-state index in [0.717, 1.165) is 13.5 Å². The fourth-order valence-corrected chi connectivity index (χ4v) is 1.36. The Hall–Kier alpha value is -0.220. The van der Waals surface area contributed by atoms with Crippen LogP contribution in [0.4, 0.5) is 8.78 Å². The summed E-state index contributed by atoms with van der Waals surface area (Å²) in [6.07, 6.45) is -0.845.